The lowest BCUT2D eigenvalue weighted by molar-refractivity contribution is 0.0941. The minimum atomic E-state index is -0.578. The summed E-state index contributed by atoms with van der Waals surface area (Å²) in [6.07, 6.45) is 4.92. The summed E-state index contributed by atoms with van der Waals surface area (Å²) >= 11 is 0. The van der Waals surface area contributed by atoms with Gasteiger partial charge in [0.05, 0.1) is 11.4 Å². The van der Waals surface area contributed by atoms with Gasteiger partial charge in [0.1, 0.15) is 11.3 Å². The van der Waals surface area contributed by atoms with E-state index in [9.17, 15) is 9.59 Å². The molecule has 0 fully saturated rings. The van der Waals surface area contributed by atoms with Gasteiger partial charge in [-0.05, 0) is 60.7 Å². The fourth-order valence-electron chi connectivity index (χ4n) is 4.68. The number of amides is 1. The van der Waals surface area contributed by atoms with Crippen LogP contribution in [0.2, 0.25) is 0 Å². The third-order valence-electron chi connectivity index (χ3n) is 6.52. The van der Waals surface area contributed by atoms with Crippen LogP contribution < -0.4 is 16.6 Å². The van der Waals surface area contributed by atoms with E-state index in [1.807, 2.05) is 79.7 Å². The van der Waals surface area contributed by atoms with Crippen molar-refractivity contribution in [2.75, 3.05) is 5.73 Å². The van der Waals surface area contributed by atoms with Gasteiger partial charge >= 0.3 is 0 Å². The number of benzene rings is 2. The number of hydrogen-bond acceptors (Lipinski definition) is 6. The van der Waals surface area contributed by atoms with Crippen LogP contribution in [0.5, 0.6) is 0 Å². The maximum atomic E-state index is 14.2. The molecular formula is C31H23N7O2. The third kappa shape index (κ3) is 4.44. The summed E-state index contributed by atoms with van der Waals surface area (Å²) in [5, 5.41) is 8.36. The number of nitrogens with one attached hydrogen (secondary N) is 1. The van der Waals surface area contributed by atoms with Crippen LogP contribution in [-0.4, -0.2) is 30.1 Å². The van der Waals surface area contributed by atoms with E-state index < -0.39 is 11.9 Å². The largest absolute Gasteiger partial charge is 0.381 e. The van der Waals surface area contributed by atoms with Gasteiger partial charge in [-0.1, -0.05) is 42.3 Å². The van der Waals surface area contributed by atoms with E-state index in [-0.39, 0.29) is 16.9 Å². The minimum absolute atomic E-state index is 0.0680. The molecule has 194 valence electrons. The first-order valence-electron chi connectivity index (χ1n) is 12.6. The molecule has 4 heterocycles. The van der Waals surface area contributed by atoms with Gasteiger partial charge in [-0.15, -0.1) is 5.10 Å². The van der Waals surface area contributed by atoms with Gasteiger partial charge in [0, 0.05) is 35.5 Å². The molecule has 0 aliphatic heterocycles. The van der Waals surface area contributed by atoms with Crippen molar-refractivity contribution in [1.29, 1.82) is 0 Å². The highest BCUT2D eigenvalue weighted by Crippen LogP contribution is 2.24. The second-order valence-electron chi connectivity index (χ2n) is 9.12. The Kier molecular flexibility index (Phi) is 6.26. The lowest BCUT2D eigenvalue weighted by Gasteiger charge is -2.21. The van der Waals surface area contributed by atoms with Crippen molar-refractivity contribution in [2.45, 2.75) is 13.0 Å². The van der Waals surface area contributed by atoms with Crippen LogP contribution in [0.1, 0.15) is 40.3 Å². The zero-order valence-corrected chi connectivity index (χ0v) is 21.4. The van der Waals surface area contributed by atoms with Gasteiger partial charge in [-0.2, -0.15) is 0 Å². The second-order valence-corrected chi connectivity index (χ2v) is 9.12. The van der Waals surface area contributed by atoms with Crippen LogP contribution in [0.3, 0.4) is 0 Å². The average Bonchev–Trinajstić information content (AvgIpc) is 3.32. The first kappa shape index (κ1) is 24.6. The molecule has 6 aromatic rings. The zero-order valence-electron chi connectivity index (χ0n) is 21.4. The summed E-state index contributed by atoms with van der Waals surface area (Å²) in [7, 11) is 0. The molecule has 1 atom stereocenters. The Labute approximate surface area is 228 Å². The quantitative estimate of drug-likeness (QED) is 0.337. The highest BCUT2D eigenvalue weighted by Gasteiger charge is 2.23. The SMILES string of the molecule is C[C@@H](NC(=O)c1c(N)nn2cccnc12)c1cc2cccc(C#Cc3ccccn3)c2c(=O)n1-c1ccccc1. The third-order valence-corrected chi connectivity index (χ3v) is 6.52. The van der Waals surface area contributed by atoms with Gasteiger partial charge < -0.3 is 11.1 Å². The number of nitrogen functional groups attached to an aromatic ring is 1. The molecule has 3 N–H and O–H groups in total. The molecule has 9 heteroatoms. The van der Waals surface area contributed by atoms with Crippen molar-refractivity contribution in [3.63, 3.8) is 0 Å². The second kappa shape index (κ2) is 10.2. The predicted octanol–water partition coefficient (Wildman–Crippen LogP) is 3.90. The first-order chi connectivity index (χ1) is 19.5. The molecule has 9 nitrogen and oxygen atoms in total. The number of pyridine rings is 2. The number of nitrogens with two attached hydrogens (primary N) is 1. The highest BCUT2D eigenvalue weighted by atomic mass is 16.2. The number of anilines is 1. The van der Waals surface area contributed by atoms with E-state index in [1.165, 1.54) is 4.52 Å². The summed E-state index contributed by atoms with van der Waals surface area (Å²) in [6, 6.07) is 23.4. The number of fused-ring (bicyclic) bond motifs is 2. The fourth-order valence-corrected chi connectivity index (χ4v) is 4.68. The number of carbonyl (C=O) groups is 1. The molecule has 0 spiro atoms. The molecule has 0 radical (unpaired) electrons. The van der Waals surface area contributed by atoms with Crippen LogP contribution in [0.4, 0.5) is 5.82 Å². The lowest BCUT2D eigenvalue weighted by atomic mass is 10.0. The monoisotopic (exact) mass is 525 g/mol. The van der Waals surface area contributed by atoms with Crippen molar-refractivity contribution in [1.82, 2.24) is 29.5 Å². The average molecular weight is 526 g/mol. The van der Waals surface area contributed by atoms with E-state index in [2.05, 4.69) is 32.2 Å². The first-order valence-corrected chi connectivity index (χ1v) is 12.6. The van der Waals surface area contributed by atoms with Gasteiger partial charge in [-0.25, -0.2) is 14.5 Å². The van der Waals surface area contributed by atoms with Gasteiger partial charge in [-0.3, -0.25) is 14.2 Å². The molecule has 4 aromatic heterocycles. The Bertz CT molecular complexity index is 2000. The van der Waals surface area contributed by atoms with E-state index in [1.54, 1.807) is 29.2 Å². The van der Waals surface area contributed by atoms with Crippen LogP contribution in [0, 0.1) is 11.8 Å². The predicted molar refractivity (Wildman–Crippen MR) is 153 cm³/mol. The zero-order chi connectivity index (χ0) is 27.6. The summed E-state index contributed by atoms with van der Waals surface area (Å²) < 4.78 is 3.06. The van der Waals surface area contributed by atoms with E-state index >= 15 is 0 Å². The molecular weight excluding hydrogens is 502 g/mol. The van der Waals surface area contributed by atoms with Crippen molar-refractivity contribution in [2.24, 2.45) is 0 Å². The molecule has 0 bridgehead atoms. The molecule has 2 aromatic carbocycles. The van der Waals surface area contributed by atoms with Crippen molar-refractivity contribution >= 4 is 28.1 Å². The van der Waals surface area contributed by atoms with E-state index in [0.717, 1.165) is 0 Å². The van der Waals surface area contributed by atoms with Gasteiger partial charge in [0.2, 0.25) is 0 Å². The maximum Gasteiger partial charge on any atom is 0.264 e. The summed E-state index contributed by atoms with van der Waals surface area (Å²) in [5.74, 6) is 5.79. The molecule has 0 unspecified atom stereocenters. The van der Waals surface area contributed by atoms with Crippen molar-refractivity contribution in [3.05, 3.63) is 130 Å². The van der Waals surface area contributed by atoms with Crippen molar-refractivity contribution in [3.8, 4) is 17.5 Å². The number of rotatable bonds is 4. The van der Waals surface area contributed by atoms with Crippen LogP contribution in [0.15, 0.2) is 102 Å². The number of para-hydroxylation sites is 1. The standard InChI is InChI=1S/C31H23N7O2/c1-20(35-30(39)27-28(32)36-37-18-8-17-34-29(27)37)25-19-22-10-7-9-21(14-15-23-11-5-6-16-33-23)26(22)31(40)38(25)24-12-3-2-4-13-24/h2-13,16-20H,1H3,(H2,32,36)(H,35,39)/t20-/m1/s1. The maximum absolute atomic E-state index is 14.2. The molecule has 40 heavy (non-hydrogen) atoms. The van der Waals surface area contributed by atoms with Crippen molar-refractivity contribution < 1.29 is 4.79 Å². The summed E-state index contributed by atoms with van der Waals surface area (Å²) in [4.78, 5) is 36.1. The topological polar surface area (TPSA) is 120 Å². The Morgan fingerprint density at radius 1 is 0.950 bits per heavy atom. The van der Waals surface area contributed by atoms with Crippen LogP contribution in [-0.2, 0) is 0 Å². The smallest absolute Gasteiger partial charge is 0.264 e. The molecule has 0 aliphatic rings. The highest BCUT2D eigenvalue weighted by molar-refractivity contribution is 6.04. The molecule has 0 aliphatic carbocycles. The minimum Gasteiger partial charge on any atom is -0.381 e. The Morgan fingerprint density at radius 2 is 1.75 bits per heavy atom. The molecule has 0 saturated heterocycles. The summed E-state index contributed by atoms with van der Waals surface area (Å²) in [6.45, 7) is 1.82. The normalized spacial score (nSPS) is 11.6. The number of carbonyl (C=O) groups excluding carboxylic acids is 1. The molecule has 1 amide bonds. The Morgan fingerprint density at radius 3 is 2.55 bits per heavy atom. The number of aromatic nitrogens is 5. The number of hydrogen-bond donors (Lipinski definition) is 2. The van der Waals surface area contributed by atoms with Gasteiger partial charge in [0.25, 0.3) is 11.5 Å². The van der Waals surface area contributed by atoms with Crippen LogP contribution >= 0.6 is 0 Å². The van der Waals surface area contributed by atoms with Gasteiger partial charge in [0.15, 0.2) is 11.5 Å². The summed E-state index contributed by atoms with van der Waals surface area (Å²) in [5.41, 5.74) is 8.80. The Hall–Kier alpha value is -5.75. The Balaban J connectivity index is 1.48. The molecule has 6 rings (SSSR count). The van der Waals surface area contributed by atoms with E-state index in [4.69, 9.17) is 5.73 Å². The lowest BCUT2D eigenvalue weighted by Crippen LogP contribution is -2.32. The number of nitrogens with zero attached hydrogens (tertiary/aromatic N) is 5. The fraction of sp³-hybridized carbons (Fsp3) is 0.0645. The van der Waals surface area contributed by atoms with Crippen LogP contribution in [0.25, 0.3) is 22.1 Å². The molecule has 0 saturated carbocycles. The van der Waals surface area contributed by atoms with E-state index in [0.29, 0.717) is 39.1 Å².